The van der Waals surface area contributed by atoms with Gasteiger partial charge >= 0.3 is 0 Å². The number of rotatable bonds is 7. The van der Waals surface area contributed by atoms with Crippen LogP contribution in [0.1, 0.15) is 26.2 Å². The summed E-state index contributed by atoms with van der Waals surface area (Å²) < 4.78 is 16.7. The zero-order valence-electron chi connectivity index (χ0n) is 12.2. The number of amides is 1. The van der Waals surface area contributed by atoms with Gasteiger partial charge in [-0.25, -0.2) is 5.84 Å². The minimum atomic E-state index is -0.464. The standard InChI is InChI=1S/C15H22N2O4/c1-2-9-19-11-3-5-12(6-4-11)20-10-13-7-8-14(21-13)15(18)17-16/h3-6,13-14H,2,7-10,16H2,1H3,(H,17,18). The molecule has 1 aliphatic rings. The first kappa shape index (κ1) is 15.6. The Balaban J connectivity index is 1.75. The van der Waals surface area contributed by atoms with Crippen LogP contribution in [0, 0.1) is 0 Å². The number of ether oxygens (including phenoxy) is 3. The van der Waals surface area contributed by atoms with Crippen molar-refractivity contribution in [3.05, 3.63) is 24.3 Å². The monoisotopic (exact) mass is 294 g/mol. The van der Waals surface area contributed by atoms with E-state index in [0.717, 1.165) is 24.3 Å². The molecule has 21 heavy (non-hydrogen) atoms. The minimum Gasteiger partial charge on any atom is -0.494 e. The highest BCUT2D eigenvalue weighted by Crippen LogP contribution is 2.22. The molecule has 0 spiro atoms. The number of carbonyl (C=O) groups excluding carboxylic acids is 1. The maximum Gasteiger partial charge on any atom is 0.263 e. The maximum atomic E-state index is 11.3. The molecule has 0 saturated carbocycles. The van der Waals surface area contributed by atoms with E-state index in [1.54, 1.807) is 0 Å². The van der Waals surface area contributed by atoms with Crippen LogP contribution in [0.15, 0.2) is 24.3 Å². The molecule has 2 atom stereocenters. The normalized spacial score (nSPS) is 21.0. The molecule has 0 radical (unpaired) electrons. The molecule has 1 fully saturated rings. The quantitative estimate of drug-likeness (QED) is 0.451. The van der Waals surface area contributed by atoms with Crippen molar-refractivity contribution in [2.45, 2.75) is 38.4 Å². The summed E-state index contributed by atoms with van der Waals surface area (Å²) >= 11 is 0. The zero-order valence-corrected chi connectivity index (χ0v) is 12.2. The Labute approximate surface area is 124 Å². The molecule has 2 unspecified atom stereocenters. The lowest BCUT2D eigenvalue weighted by atomic mass is 10.2. The van der Waals surface area contributed by atoms with Crippen LogP contribution < -0.4 is 20.7 Å². The number of nitrogens with one attached hydrogen (secondary N) is 1. The Morgan fingerprint density at radius 3 is 2.57 bits per heavy atom. The van der Waals surface area contributed by atoms with Crippen molar-refractivity contribution in [3.8, 4) is 11.5 Å². The predicted octanol–water partition coefficient (Wildman–Crippen LogP) is 1.39. The van der Waals surface area contributed by atoms with Gasteiger partial charge in [-0.3, -0.25) is 10.2 Å². The molecule has 0 bridgehead atoms. The third-order valence-corrected chi connectivity index (χ3v) is 3.27. The molecule has 0 aromatic heterocycles. The van der Waals surface area contributed by atoms with Gasteiger partial charge in [0.2, 0.25) is 0 Å². The van der Waals surface area contributed by atoms with Crippen LogP contribution >= 0.6 is 0 Å². The Hall–Kier alpha value is -1.79. The van der Waals surface area contributed by atoms with E-state index in [-0.39, 0.29) is 12.0 Å². The summed E-state index contributed by atoms with van der Waals surface area (Å²) in [6, 6.07) is 7.49. The molecule has 1 amide bonds. The summed E-state index contributed by atoms with van der Waals surface area (Å²) in [4.78, 5) is 11.3. The molecule has 6 heteroatoms. The fraction of sp³-hybridized carbons (Fsp3) is 0.533. The smallest absolute Gasteiger partial charge is 0.263 e. The molecule has 1 aromatic rings. The highest BCUT2D eigenvalue weighted by atomic mass is 16.5. The minimum absolute atomic E-state index is 0.0803. The molecule has 1 aromatic carbocycles. The number of benzene rings is 1. The van der Waals surface area contributed by atoms with E-state index in [1.165, 1.54) is 0 Å². The predicted molar refractivity (Wildman–Crippen MR) is 77.9 cm³/mol. The molecule has 116 valence electrons. The van der Waals surface area contributed by atoms with Crippen molar-refractivity contribution in [3.63, 3.8) is 0 Å². The summed E-state index contributed by atoms with van der Waals surface area (Å²) in [5.41, 5.74) is 2.11. The fourth-order valence-corrected chi connectivity index (χ4v) is 2.16. The van der Waals surface area contributed by atoms with Gasteiger partial charge < -0.3 is 14.2 Å². The van der Waals surface area contributed by atoms with Crippen LogP contribution in [0.5, 0.6) is 11.5 Å². The van der Waals surface area contributed by atoms with Gasteiger partial charge in [-0.05, 0) is 43.5 Å². The molecule has 3 N–H and O–H groups in total. The topological polar surface area (TPSA) is 82.8 Å². The first-order valence-electron chi connectivity index (χ1n) is 7.24. The highest BCUT2D eigenvalue weighted by molar-refractivity contribution is 5.80. The number of hydrogen-bond acceptors (Lipinski definition) is 5. The molecule has 1 aliphatic heterocycles. The molecule has 2 rings (SSSR count). The first-order valence-corrected chi connectivity index (χ1v) is 7.24. The average molecular weight is 294 g/mol. The molecular weight excluding hydrogens is 272 g/mol. The van der Waals surface area contributed by atoms with Crippen LogP contribution in [0.4, 0.5) is 0 Å². The Morgan fingerprint density at radius 1 is 1.29 bits per heavy atom. The van der Waals surface area contributed by atoms with Crippen molar-refractivity contribution in [1.29, 1.82) is 0 Å². The van der Waals surface area contributed by atoms with Gasteiger partial charge in [0.15, 0.2) is 0 Å². The van der Waals surface area contributed by atoms with Gasteiger partial charge in [0.25, 0.3) is 5.91 Å². The maximum absolute atomic E-state index is 11.3. The van der Waals surface area contributed by atoms with Crippen molar-refractivity contribution < 1.29 is 19.0 Å². The van der Waals surface area contributed by atoms with E-state index in [2.05, 4.69) is 12.3 Å². The number of carbonyl (C=O) groups is 1. The second-order valence-corrected chi connectivity index (χ2v) is 4.96. The Bertz CT molecular complexity index is 449. The SMILES string of the molecule is CCCOc1ccc(OCC2CCC(C(=O)NN)O2)cc1. The molecule has 1 saturated heterocycles. The van der Waals surface area contributed by atoms with Crippen LogP contribution in [-0.4, -0.2) is 31.3 Å². The second kappa shape index (κ2) is 7.85. The van der Waals surface area contributed by atoms with Gasteiger partial charge in [0.1, 0.15) is 24.2 Å². The highest BCUT2D eigenvalue weighted by Gasteiger charge is 2.30. The zero-order chi connectivity index (χ0) is 15.1. The van der Waals surface area contributed by atoms with Crippen molar-refractivity contribution in [2.24, 2.45) is 5.84 Å². The van der Waals surface area contributed by atoms with E-state index >= 15 is 0 Å². The van der Waals surface area contributed by atoms with Crippen molar-refractivity contribution in [2.75, 3.05) is 13.2 Å². The Kier molecular flexibility index (Phi) is 5.83. The summed E-state index contributed by atoms with van der Waals surface area (Å²) in [6.07, 6.45) is 1.89. The number of hydrazine groups is 1. The summed E-state index contributed by atoms with van der Waals surface area (Å²) in [5, 5.41) is 0. The van der Waals surface area contributed by atoms with Crippen LogP contribution in [0.2, 0.25) is 0 Å². The second-order valence-electron chi connectivity index (χ2n) is 4.96. The largest absolute Gasteiger partial charge is 0.494 e. The number of nitrogens with two attached hydrogens (primary N) is 1. The summed E-state index contributed by atoms with van der Waals surface area (Å²) in [7, 11) is 0. The third kappa shape index (κ3) is 4.61. The summed E-state index contributed by atoms with van der Waals surface area (Å²) in [5.74, 6) is 6.40. The van der Waals surface area contributed by atoms with E-state index in [1.807, 2.05) is 24.3 Å². The van der Waals surface area contributed by atoms with Gasteiger partial charge in [-0.2, -0.15) is 0 Å². The average Bonchev–Trinajstić information content (AvgIpc) is 3.00. The van der Waals surface area contributed by atoms with Crippen LogP contribution in [0.3, 0.4) is 0 Å². The molecule has 6 nitrogen and oxygen atoms in total. The van der Waals surface area contributed by atoms with Gasteiger partial charge in [-0.15, -0.1) is 0 Å². The van der Waals surface area contributed by atoms with E-state index < -0.39 is 6.10 Å². The Morgan fingerprint density at radius 2 is 1.95 bits per heavy atom. The third-order valence-electron chi connectivity index (χ3n) is 3.27. The van der Waals surface area contributed by atoms with Gasteiger partial charge in [-0.1, -0.05) is 6.92 Å². The molecule has 0 aliphatic carbocycles. The lowest BCUT2D eigenvalue weighted by molar-refractivity contribution is -0.132. The molecular formula is C15H22N2O4. The first-order chi connectivity index (χ1) is 10.2. The van der Waals surface area contributed by atoms with E-state index in [4.69, 9.17) is 20.1 Å². The van der Waals surface area contributed by atoms with E-state index in [0.29, 0.717) is 19.6 Å². The lowest BCUT2D eigenvalue weighted by Crippen LogP contribution is -2.39. The number of hydrogen-bond donors (Lipinski definition) is 2. The van der Waals surface area contributed by atoms with Crippen molar-refractivity contribution >= 4 is 5.91 Å². The summed E-state index contributed by atoms with van der Waals surface area (Å²) in [6.45, 7) is 3.20. The van der Waals surface area contributed by atoms with E-state index in [9.17, 15) is 4.79 Å². The van der Waals surface area contributed by atoms with Gasteiger partial charge in [0, 0.05) is 0 Å². The molecule has 1 heterocycles. The van der Waals surface area contributed by atoms with Crippen molar-refractivity contribution in [1.82, 2.24) is 5.43 Å². The lowest BCUT2D eigenvalue weighted by Gasteiger charge is -2.14. The van der Waals surface area contributed by atoms with Gasteiger partial charge in [0.05, 0.1) is 12.7 Å². The fourth-order valence-electron chi connectivity index (χ4n) is 2.16. The van der Waals surface area contributed by atoms with Crippen LogP contribution in [0.25, 0.3) is 0 Å². The van der Waals surface area contributed by atoms with Crippen LogP contribution in [-0.2, 0) is 9.53 Å².